The molecule has 1 amide bonds. The van der Waals surface area contributed by atoms with Crippen LogP contribution in [0.5, 0.6) is 0 Å². The maximum absolute atomic E-state index is 12.5. The van der Waals surface area contributed by atoms with Crippen molar-refractivity contribution in [2.75, 3.05) is 5.32 Å². The van der Waals surface area contributed by atoms with Crippen molar-refractivity contribution in [3.05, 3.63) is 34.5 Å². The Labute approximate surface area is 133 Å². The molecule has 2 aromatic rings. The Hall–Kier alpha value is -1.82. The Bertz CT molecular complexity index is 672. The zero-order valence-electron chi connectivity index (χ0n) is 12.6. The number of hydrogen-bond acceptors (Lipinski definition) is 4. The summed E-state index contributed by atoms with van der Waals surface area (Å²) in [6.07, 6.45) is 6.74. The van der Waals surface area contributed by atoms with Gasteiger partial charge in [-0.2, -0.15) is 5.10 Å². The molecule has 2 atom stereocenters. The highest BCUT2D eigenvalue weighted by Gasteiger charge is 2.36. The van der Waals surface area contributed by atoms with Gasteiger partial charge in [-0.3, -0.25) is 9.89 Å². The van der Waals surface area contributed by atoms with E-state index in [1.165, 1.54) is 25.7 Å². The minimum atomic E-state index is 0.0417. The average Bonchev–Trinajstić information content (AvgIpc) is 3.21. The fourth-order valence-corrected chi connectivity index (χ4v) is 4.78. The van der Waals surface area contributed by atoms with Crippen LogP contribution in [0, 0.1) is 0 Å². The lowest BCUT2D eigenvalue weighted by atomic mass is 9.85. The molecule has 0 aromatic carbocycles. The number of fused-ring (bicyclic) bond motifs is 1. The van der Waals surface area contributed by atoms with Crippen LogP contribution in [0.25, 0.3) is 0 Å². The molecular weight excluding hydrogens is 296 g/mol. The van der Waals surface area contributed by atoms with E-state index in [9.17, 15) is 4.79 Å². The van der Waals surface area contributed by atoms with Gasteiger partial charge in [0.1, 0.15) is 5.00 Å². The van der Waals surface area contributed by atoms with Gasteiger partial charge in [0.25, 0.3) is 5.91 Å². The molecule has 22 heavy (non-hydrogen) atoms. The highest BCUT2D eigenvalue weighted by atomic mass is 32.1. The van der Waals surface area contributed by atoms with Crippen molar-refractivity contribution in [2.24, 2.45) is 0 Å². The topological polar surface area (TPSA) is 69.8 Å². The van der Waals surface area contributed by atoms with Gasteiger partial charge in [0.15, 0.2) is 0 Å². The lowest BCUT2D eigenvalue weighted by Crippen LogP contribution is -2.42. The molecule has 6 heteroatoms. The Morgan fingerprint density at radius 2 is 2.18 bits per heavy atom. The van der Waals surface area contributed by atoms with E-state index in [4.69, 9.17) is 0 Å². The first-order valence-corrected chi connectivity index (χ1v) is 8.80. The minimum Gasteiger partial charge on any atom is -0.374 e. The molecule has 2 aliphatic rings. The molecule has 5 nitrogen and oxygen atoms in total. The fraction of sp³-hybridized carbons (Fsp3) is 0.500. The van der Waals surface area contributed by atoms with Crippen molar-refractivity contribution < 1.29 is 4.79 Å². The van der Waals surface area contributed by atoms with Gasteiger partial charge >= 0.3 is 0 Å². The fourth-order valence-electron chi connectivity index (χ4n) is 3.70. The Balaban J connectivity index is 1.71. The standard InChI is InChI=1S/C16H20N4OS/c1-9-13(12-6-7-17-20-12)11-8-22-16(14(11)15(21)18-9)19-10-4-2-3-5-10/h6-10,13,19H,2-5H2,1H3,(H,17,20)(H,18,21). The normalized spacial score (nSPS) is 25.0. The number of H-pyrrole nitrogens is 1. The van der Waals surface area contributed by atoms with Gasteiger partial charge in [-0.25, -0.2) is 0 Å². The van der Waals surface area contributed by atoms with Crippen LogP contribution < -0.4 is 10.6 Å². The molecule has 1 aliphatic heterocycles. The lowest BCUT2D eigenvalue weighted by Gasteiger charge is -2.30. The van der Waals surface area contributed by atoms with Crippen molar-refractivity contribution in [2.45, 2.75) is 50.6 Å². The summed E-state index contributed by atoms with van der Waals surface area (Å²) in [5.41, 5.74) is 3.00. The van der Waals surface area contributed by atoms with Crippen LogP contribution in [0.15, 0.2) is 17.6 Å². The quantitative estimate of drug-likeness (QED) is 0.815. The third kappa shape index (κ3) is 2.22. The molecule has 3 heterocycles. The van der Waals surface area contributed by atoms with Crippen LogP contribution in [0.3, 0.4) is 0 Å². The molecule has 0 bridgehead atoms. The monoisotopic (exact) mass is 316 g/mol. The number of nitrogens with one attached hydrogen (secondary N) is 3. The number of anilines is 1. The molecular formula is C16H20N4OS. The summed E-state index contributed by atoms with van der Waals surface area (Å²) in [4.78, 5) is 12.5. The summed E-state index contributed by atoms with van der Waals surface area (Å²) in [5.74, 6) is 0.186. The van der Waals surface area contributed by atoms with E-state index in [0.717, 1.165) is 21.8 Å². The molecule has 0 radical (unpaired) electrons. The average molecular weight is 316 g/mol. The van der Waals surface area contributed by atoms with E-state index < -0.39 is 0 Å². The van der Waals surface area contributed by atoms with E-state index >= 15 is 0 Å². The van der Waals surface area contributed by atoms with Crippen molar-refractivity contribution in [1.29, 1.82) is 0 Å². The van der Waals surface area contributed by atoms with E-state index in [0.29, 0.717) is 6.04 Å². The number of carbonyl (C=O) groups excluding carboxylic acids is 1. The van der Waals surface area contributed by atoms with Gasteiger partial charge in [-0.1, -0.05) is 12.8 Å². The second-order valence-electron chi connectivity index (χ2n) is 6.27. The summed E-state index contributed by atoms with van der Waals surface area (Å²) in [6.45, 7) is 2.05. The molecule has 3 N–H and O–H groups in total. The number of nitrogens with zero attached hydrogens (tertiary/aromatic N) is 1. The summed E-state index contributed by atoms with van der Waals surface area (Å²) in [5, 5.41) is 17.0. The van der Waals surface area contributed by atoms with E-state index in [1.54, 1.807) is 17.5 Å². The predicted octanol–water partition coefficient (Wildman–Crippen LogP) is 3.09. The SMILES string of the molecule is CC1NC(=O)c2c(csc2NC2CCCC2)C1c1ccn[nH]1. The number of carbonyl (C=O) groups is 1. The first-order chi connectivity index (χ1) is 10.7. The minimum absolute atomic E-state index is 0.0417. The second-order valence-corrected chi connectivity index (χ2v) is 7.15. The highest BCUT2D eigenvalue weighted by molar-refractivity contribution is 7.14. The van der Waals surface area contributed by atoms with Crippen LogP contribution in [-0.2, 0) is 0 Å². The van der Waals surface area contributed by atoms with Gasteiger partial charge in [-0.15, -0.1) is 11.3 Å². The van der Waals surface area contributed by atoms with Crippen LogP contribution in [0.4, 0.5) is 5.00 Å². The zero-order valence-corrected chi connectivity index (χ0v) is 13.4. The first-order valence-electron chi connectivity index (χ1n) is 7.92. The van der Waals surface area contributed by atoms with Gasteiger partial charge < -0.3 is 10.6 Å². The van der Waals surface area contributed by atoms with Crippen LogP contribution in [0.2, 0.25) is 0 Å². The van der Waals surface area contributed by atoms with Gasteiger partial charge in [0.2, 0.25) is 0 Å². The van der Waals surface area contributed by atoms with Crippen LogP contribution in [-0.4, -0.2) is 28.2 Å². The Morgan fingerprint density at radius 1 is 1.36 bits per heavy atom. The van der Waals surface area contributed by atoms with Crippen LogP contribution >= 0.6 is 11.3 Å². The third-order valence-corrected chi connectivity index (χ3v) is 5.72. The lowest BCUT2D eigenvalue weighted by molar-refractivity contribution is 0.0925. The van der Waals surface area contributed by atoms with Gasteiger partial charge in [-0.05, 0) is 36.8 Å². The molecule has 2 unspecified atom stereocenters. The third-order valence-electron chi connectivity index (χ3n) is 4.79. The first kappa shape index (κ1) is 13.8. The molecule has 2 aromatic heterocycles. The number of rotatable bonds is 3. The molecule has 4 rings (SSSR count). The zero-order chi connectivity index (χ0) is 15.1. The highest BCUT2D eigenvalue weighted by Crippen LogP contribution is 2.41. The number of aromatic amines is 1. The number of amides is 1. The van der Waals surface area contributed by atoms with E-state index in [-0.39, 0.29) is 17.9 Å². The Kier molecular flexibility index (Phi) is 3.41. The Morgan fingerprint density at radius 3 is 2.91 bits per heavy atom. The molecule has 1 aliphatic carbocycles. The van der Waals surface area contributed by atoms with Crippen LogP contribution in [0.1, 0.15) is 60.1 Å². The van der Waals surface area contributed by atoms with Gasteiger partial charge in [0, 0.05) is 29.9 Å². The summed E-state index contributed by atoms with van der Waals surface area (Å²) >= 11 is 1.65. The molecule has 0 spiro atoms. The summed E-state index contributed by atoms with van der Waals surface area (Å²) in [7, 11) is 0. The molecule has 0 saturated heterocycles. The summed E-state index contributed by atoms with van der Waals surface area (Å²) < 4.78 is 0. The van der Waals surface area contributed by atoms with E-state index in [2.05, 4.69) is 26.2 Å². The predicted molar refractivity (Wildman–Crippen MR) is 87.6 cm³/mol. The largest absolute Gasteiger partial charge is 0.374 e. The van der Waals surface area contributed by atoms with Gasteiger partial charge in [0.05, 0.1) is 5.56 Å². The summed E-state index contributed by atoms with van der Waals surface area (Å²) in [6, 6.07) is 2.57. The smallest absolute Gasteiger partial charge is 0.254 e. The molecule has 1 saturated carbocycles. The van der Waals surface area contributed by atoms with E-state index in [1.807, 2.05) is 13.0 Å². The number of hydrogen-bond donors (Lipinski definition) is 3. The maximum Gasteiger partial charge on any atom is 0.254 e. The van der Waals surface area contributed by atoms with Crippen molar-refractivity contribution >= 4 is 22.2 Å². The number of thiophene rings is 1. The van der Waals surface area contributed by atoms with Crippen molar-refractivity contribution in [1.82, 2.24) is 15.5 Å². The van der Waals surface area contributed by atoms with Crippen molar-refractivity contribution in [3.8, 4) is 0 Å². The molecule has 116 valence electrons. The second kappa shape index (κ2) is 5.43. The number of aromatic nitrogens is 2. The molecule has 1 fully saturated rings. The maximum atomic E-state index is 12.5. The van der Waals surface area contributed by atoms with Crippen molar-refractivity contribution in [3.63, 3.8) is 0 Å².